The number of amides is 4. The molecule has 4 atom stereocenters. The molecular formula is C25H40N8O7. The van der Waals surface area contributed by atoms with Crippen LogP contribution in [0.2, 0.25) is 0 Å². The number of carbonyl (C=O) groups excluding carboxylic acids is 4. The topological polar surface area (TPSA) is 278 Å². The first-order chi connectivity index (χ1) is 18.7. The van der Waals surface area contributed by atoms with E-state index in [1.807, 2.05) is 0 Å². The summed E-state index contributed by atoms with van der Waals surface area (Å²) in [6.45, 7) is 3.52. The van der Waals surface area contributed by atoms with Crippen LogP contribution in [-0.2, 0) is 30.4 Å². The number of aliphatic imine (C=N–C) groups is 1. The van der Waals surface area contributed by atoms with Crippen molar-refractivity contribution in [3.63, 3.8) is 0 Å². The van der Waals surface area contributed by atoms with Gasteiger partial charge in [0.25, 0.3) is 0 Å². The average molecular weight is 565 g/mol. The third kappa shape index (κ3) is 12.4. The van der Waals surface area contributed by atoms with Crippen molar-refractivity contribution >= 4 is 35.6 Å². The Morgan fingerprint density at radius 3 is 2.00 bits per heavy atom. The van der Waals surface area contributed by atoms with Crippen molar-refractivity contribution in [2.24, 2.45) is 33.8 Å². The summed E-state index contributed by atoms with van der Waals surface area (Å²) in [6, 6.07) is 1.46. The number of nitrogens with zero attached hydrogens (tertiary/aromatic N) is 1. The fraction of sp³-hybridized carbons (Fsp3) is 0.520. The Labute approximate surface area is 232 Å². The number of phenols is 1. The molecule has 0 heterocycles. The number of primary amides is 1. The third-order valence-electron chi connectivity index (χ3n) is 5.85. The number of hydrogen-bond acceptors (Lipinski definition) is 8. The Hall–Kier alpha value is -4.40. The number of aliphatic carboxylic acids is 1. The predicted molar refractivity (Wildman–Crippen MR) is 146 cm³/mol. The zero-order valence-electron chi connectivity index (χ0n) is 22.6. The van der Waals surface area contributed by atoms with Crippen LogP contribution in [0.25, 0.3) is 0 Å². The first kappa shape index (κ1) is 33.6. The molecule has 0 radical (unpaired) electrons. The summed E-state index contributed by atoms with van der Waals surface area (Å²) in [5, 5.41) is 26.3. The van der Waals surface area contributed by atoms with Gasteiger partial charge in [-0.3, -0.25) is 24.2 Å². The van der Waals surface area contributed by atoms with Gasteiger partial charge in [-0.15, -0.1) is 0 Å². The van der Waals surface area contributed by atoms with Crippen molar-refractivity contribution < 1.29 is 34.2 Å². The minimum atomic E-state index is -1.42. The van der Waals surface area contributed by atoms with Crippen LogP contribution in [0.4, 0.5) is 0 Å². The molecule has 0 fully saturated rings. The van der Waals surface area contributed by atoms with Crippen LogP contribution < -0.4 is 38.9 Å². The second kappa shape index (κ2) is 16.5. The molecule has 0 saturated carbocycles. The molecule has 1 rings (SSSR count). The summed E-state index contributed by atoms with van der Waals surface area (Å²) in [7, 11) is 0. The lowest BCUT2D eigenvalue weighted by atomic mass is 10.00. The molecule has 15 heteroatoms. The Bertz CT molecular complexity index is 1060. The highest BCUT2D eigenvalue weighted by atomic mass is 16.4. The van der Waals surface area contributed by atoms with Gasteiger partial charge in [0, 0.05) is 13.0 Å². The highest BCUT2D eigenvalue weighted by molar-refractivity contribution is 5.94. The molecule has 0 aliphatic heterocycles. The van der Waals surface area contributed by atoms with Crippen LogP contribution in [-0.4, -0.2) is 76.5 Å². The van der Waals surface area contributed by atoms with Crippen LogP contribution in [0.5, 0.6) is 5.75 Å². The Kier molecular flexibility index (Phi) is 13.9. The maximum atomic E-state index is 13.2. The van der Waals surface area contributed by atoms with E-state index in [2.05, 4.69) is 20.9 Å². The van der Waals surface area contributed by atoms with Gasteiger partial charge in [0.2, 0.25) is 23.6 Å². The van der Waals surface area contributed by atoms with Crippen molar-refractivity contribution in [3.8, 4) is 5.75 Å². The van der Waals surface area contributed by atoms with E-state index in [-0.39, 0.29) is 50.4 Å². The fourth-order valence-corrected chi connectivity index (χ4v) is 3.62. The number of carboxylic acids is 1. The van der Waals surface area contributed by atoms with E-state index in [0.717, 1.165) is 0 Å². The summed E-state index contributed by atoms with van der Waals surface area (Å²) >= 11 is 0. The monoisotopic (exact) mass is 564 g/mol. The molecule has 15 nitrogen and oxygen atoms in total. The molecule has 1 aromatic rings. The number of nitrogens with two attached hydrogens (primary N) is 4. The second-order valence-electron chi connectivity index (χ2n) is 9.62. The molecule has 13 N–H and O–H groups in total. The number of rotatable bonds is 17. The number of hydrogen-bond donors (Lipinski definition) is 9. The minimum Gasteiger partial charge on any atom is -0.508 e. The first-order valence-electron chi connectivity index (χ1n) is 12.7. The molecule has 4 unspecified atom stereocenters. The van der Waals surface area contributed by atoms with Crippen molar-refractivity contribution in [2.75, 3.05) is 6.54 Å². The quantitative estimate of drug-likeness (QED) is 0.0558. The van der Waals surface area contributed by atoms with E-state index in [0.29, 0.717) is 5.56 Å². The highest BCUT2D eigenvalue weighted by Gasteiger charge is 2.31. The molecule has 0 bridgehead atoms. The molecule has 0 aliphatic rings. The lowest BCUT2D eigenvalue weighted by Crippen LogP contribution is -2.58. The summed E-state index contributed by atoms with van der Waals surface area (Å²) in [5.74, 6) is -4.71. The summed E-state index contributed by atoms with van der Waals surface area (Å²) in [5.41, 5.74) is 22.5. The number of phenolic OH excluding ortho intramolecular Hbond substituents is 1. The van der Waals surface area contributed by atoms with E-state index >= 15 is 0 Å². The van der Waals surface area contributed by atoms with Gasteiger partial charge >= 0.3 is 5.97 Å². The van der Waals surface area contributed by atoms with E-state index < -0.39 is 59.7 Å². The van der Waals surface area contributed by atoms with Gasteiger partial charge in [0.05, 0.1) is 6.04 Å². The number of guanidine groups is 1. The average Bonchev–Trinajstić information content (AvgIpc) is 2.86. The van der Waals surface area contributed by atoms with Crippen LogP contribution in [0, 0.1) is 5.92 Å². The lowest BCUT2D eigenvalue weighted by molar-refractivity contribution is -0.142. The number of carboxylic acid groups (broad SMARTS) is 1. The molecular weight excluding hydrogens is 524 g/mol. The smallest absolute Gasteiger partial charge is 0.326 e. The normalized spacial score (nSPS) is 13.8. The SMILES string of the molecule is CC(C)C(NC(=O)C(N)Cc1ccc(O)cc1)C(=O)NC(CCCN=C(N)N)C(=O)NC(CCC(N)=O)C(=O)O. The van der Waals surface area contributed by atoms with Gasteiger partial charge in [-0.2, -0.15) is 0 Å². The van der Waals surface area contributed by atoms with E-state index in [1.54, 1.807) is 26.0 Å². The summed E-state index contributed by atoms with van der Waals surface area (Å²) in [6.07, 6.45) is -0.0727. The molecule has 222 valence electrons. The van der Waals surface area contributed by atoms with Crippen molar-refractivity contribution in [1.29, 1.82) is 0 Å². The first-order valence-corrected chi connectivity index (χ1v) is 12.7. The van der Waals surface area contributed by atoms with Crippen LogP contribution in [0.3, 0.4) is 0 Å². The Balaban J connectivity index is 2.99. The zero-order chi connectivity index (χ0) is 30.4. The standard InChI is InChI=1S/C25H40N8O7/c1-13(2)20(33-21(36)16(26)12-14-5-7-15(34)8-6-14)23(38)31-17(4-3-11-30-25(28)29)22(37)32-18(24(39)40)9-10-19(27)35/h5-8,13,16-18,20,34H,3-4,9-12,26H2,1-2H3,(H2,27,35)(H,31,38)(H,32,37)(H,33,36)(H,39,40)(H4,28,29,30). The number of benzene rings is 1. The summed E-state index contributed by atoms with van der Waals surface area (Å²) in [4.78, 5) is 65.5. The molecule has 0 aliphatic carbocycles. The van der Waals surface area contributed by atoms with Gasteiger partial charge in [-0.1, -0.05) is 26.0 Å². The summed E-state index contributed by atoms with van der Waals surface area (Å²) < 4.78 is 0. The molecule has 4 amide bonds. The van der Waals surface area contributed by atoms with Crippen molar-refractivity contribution in [3.05, 3.63) is 29.8 Å². The van der Waals surface area contributed by atoms with E-state index in [4.69, 9.17) is 22.9 Å². The molecule has 1 aromatic carbocycles. The molecule has 0 spiro atoms. The van der Waals surface area contributed by atoms with Gasteiger partial charge in [0.15, 0.2) is 5.96 Å². The maximum absolute atomic E-state index is 13.2. The van der Waals surface area contributed by atoms with Crippen molar-refractivity contribution in [2.45, 2.75) is 70.1 Å². The highest BCUT2D eigenvalue weighted by Crippen LogP contribution is 2.12. The van der Waals surface area contributed by atoms with Gasteiger partial charge in [-0.25, -0.2) is 4.79 Å². The molecule has 0 aromatic heterocycles. The number of carbonyl (C=O) groups is 5. The lowest BCUT2D eigenvalue weighted by Gasteiger charge is -2.27. The van der Waals surface area contributed by atoms with Gasteiger partial charge < -0.3 is 49.1 Å². The predicted octanol–water partition coefficient (Wildman–Crippen LogP) is -2.22. The van der Waals surface area contributed by atoms with E-state index in [1.165, 1.54) is 12.1 Å². The van der Waals surface area contributed by atoms with Crippen LogP contribution >= 0.6 is 0 Å². The Morgan fingerprint density at radius 1 is 0.875 bits per heavy atom. The van der Waals surface area contributed by atoms with Crippen LogP contribution in [0.1, 0.15) is 45.1 Å². The van der Waals surface area contributed by atoms with Gasteiger partial charge in [-0.05, 0) is 49.3 Å². The third-order valence-corrected chi connectivity index (χ3v) is 5.85. The Morgan fingerprint density at radius 2 is 1.48 bits per heavy atom. The second-order valence-corrected chi connectivity index (χ2v) is 9.62. The zero-order valence-corrected chi connectivity index (χ0v) is 22.6. The van der Waals surface area contributed by atoms with Crippen molar-refractivity contribution in [1.82, 2.24) is 16.0 Å². The van der Waals surface area contributed by atoms with E-state index in [9.17, 15) is 34.2 Å². The largest absolute Gasteiger partial charge is 0.508 e. The van der Waals surface area contributed by atoms with Crippen LogP contribution in [0.15, 0.2) is 29.3 Å². The number of aromatic hydroxyl groups is 1. The molecule has 40 heavy (non-hydrogen) atoms. The van der Waals surface area contributed by atoms with Gasteiger partial charge in [0.1, 0.15) is 23.9 Å². The number of nitrogens with one attached hydrogen (secondary N) is 3. The maximum Gasteiger partial charge on any atom is 0.326 e. The minimum absolute atomic E-state index is 0.0373. The molecule has 0 saturated heterocycles. The fourth-order valence-electron chi connectivity index (χ4n) is 3.62.